The molecule has 0 bridgehead atoms. The van der Waals surface area contributed by atoms with Crippen LogP contribution in [0, 0.1) is 6.92 Å². The summed E-state index contributed by atoms with van der Waals surface area (Å²) in [6, 6.07) is 25.3. The molecule has 1 aliphatic rings. The van der Waals surface area contributed by atoms with Crippen molar-refractivity contribution >= 4 is 11.8 Å². The van der Waals surface area contributed by atoms with Crippen LogP contribution in [0.3, 0.4) is 0 Å². The first-order chi connectivity index (χ1) is 18.0. The first-order valence-corrected chi connectivity index (χ1v) is 13.3. The molecule has 0 spiro atoms. The molecule has 5 heteroatoms. The Balaban J connectivity index is 1.63. The Morgan fingerprint density at radius 3 is 2.16 bits per heavy atom. The summed E-state index contributed by atoms with van der Waals surface area (Å²) in [5.41, 5.74) is 4.11. The highest BCUT2D eigenvalue weighted by molar-refractivity contribution is 5.89. The van der Waals surface area contributed by atoms with Crippen molar-refractivity contribution in [3.63, 3.8) is 0 Å². The van der Waals surface area contributed by atoms with Gasteiger partial charge in [-0.3, -0.25) is 9.59 Å². The lowest BCUT2D eigenvalue weighted by Crippen LogP contribution is -2.53. The van der Waals surface area contributed by atoms with Crippen LogP contribution in [0.25, 0.3) is 0 Å². The second kappa shape index (κ2) is 13.1. The van der Waals surface area contributed by atoms with Crippen molar-refractivity contribution in [3.05, 3.63) is 101 Å². The number of hydrogen-bond donors (Lipinski definition) is 1. The molecule has 1 fully saturated rings. The molecule has 0 unspecified atom stereocenters. The summed E-state index contributed by atoms with van der Waals surface area (Å²) >= 11 is 0. The lowest BCUT2D eigenvalue weighted by atomic mass is 9.94. The van der Waals surface area contributed by atoms with Gasteiger partial charge in [0, 0.05) is 19.0 Å². The van der Waals surface area contributed by atoms with Gasteiger partial charge in [0.1, 0.15) is 11.8 Å². The zero-order valence-corrected chi connectivity index (χ0v) is 22.0. The number of nitrogens with one attached hydrogen (secondary N) is 1. The van der Waals surface area contributed by atoms with Gasteiger partial charge in [0.25, 0.3) is 0 Å². The Hall–Kier alpha value is -3.60. The maximum absolute atomic E-state index is 13.9. The van der Waals surface area contributed by atoms with E-state index in [0.29, 0.717) is 13.0 Å². The molecular weight excluding hydrogens is 460 g/mol. The minimum Gasteiger partial charge on any atom is -0.497 e. The predicted octanol–water partition coefficient (Wildman–Crippen LogP) is 5.64. The van der Waals surface area contributed by atoms with Gasteiger partial charge in [0.05, 0.1) is 13.5 Å². The average Bonchev–Trinajstić information content (AvgIpc) is 2.93. The van der Waals surface area contributed by atoms with Crippen molar-refractivity contribution in [1.29, 1.82) is 0 Å². The Kier molecular flexibility index (Phi) is 9.36. The summed E-state index contributed by atoms with van der Waals surface area (Å²) in [7, 11) is 1.63. The fraction of sp³-hybridized carbons (Fsp3) is 0.375. The van der Waals surface area contributed by atoms with Crippen molar-refractivity contribution in [2.75, 3.05) is 7.11 Å². The van der Waals surface area contributed by atoms with E-state index >= 15 is 0 Å². The van der Waals surface area contributed by atoms with Gasteiger partial charge in [0.15, 0.2) is 0 Å². The van der Waals surface area contributed by atoms with E-state index in [4.69, 9.17) is 4.74 Å². The molecule has 4 rings (SSSR count). The summed E-state index contributed by atoms with van der Waals surface area (Å²) in [5, 5.41) is 3.30. The molecule has 0 radical (unpaired) electrons. The first kappa shape index (κ1) is 26.5. The number of amides is 2. The van der Waals surface area contributed by atoms with Crippen LogP contribution in [0.2, 0.25) is 0 Å². The smallest absolute Gasteiger partial charge is 0.243 e. The van der Waals surface area contributed by atoms with Crippen LogP contribution in [0.15, 0.2) is 78.9 Å². The molecule has 3 aromatic carbocycles. The fourth-order valence-electron chi connectivity index (χ4n) is 5.01. The number of benzene rings is 3. The molecule has 37 heavy (non-hydrogen) atoms. The third-order valence-corrected chi connectivity index (χ3v) is 7.21. The Morgan fingerprint density at radius 1 is 0.865 bits per heavy atom. The topological polar surface area (TPSA) is 58.6 Å². The van der Waals surface area contributed by atoms with Crippen LogP contribution in [0.5, 0.6) is 5.75 Å². The molecule has 0 aromatic heterocycles. The zero-order chi connectivity index (χ0) is 26.0. The summed E-state index contributed by atoms with van der Waals surface area (Å²) in [6.07, 6.45) is 6.19. The minimum absolute atomic E-state index is 0.0639. The largest absolute Gasteiger partial charge is 0.497 e. The Bertz CT molecular complexity index is 1140. The Labute approximate surface area is 220 Å². The van der Waals surface area contributed by atoms with Crippen molar-refractivity contribution in [2.45, 2.75) is 70.5 Å². The quantitative estimate of drug-likeness (QED) is 0.394. The highest BCUT2D eigenvalue weighted by Crippen LogP contribution is 2.21. The number of ether oxygens (including phenoxy) is 1. The standard InChI is InChI=1S/C32H38N2O3/c1-24-13-15-27(16-14-24)23-34(31(35)22-26-17-19-29(37-2)20-18-26)30(21-25-9-5-3-6-10-25)32(36)33-28-11-7-4-8-12-28/h3,5-6,9-10,13-20,28,30H,4,7-8,11-12,21-23H2,1-2H3,(H,33,36)/t30-/m1/s1. The van der Waals surface area contributed by atoms with E-state index < -0.39 is 6.04 Å². The fourth-order valence-corrected chi connectivity index (χ4v) is 5.01. The van der Waals surface area contributed by atoms with E-state index in [1.165, 1.54) is 6.42 Å². The van der Waals surface area contributed by atoms with Crippen LogP contribution in [-0.2, 0) is 29.0 Å². The van der Waals surface area contributed by atoms with Gasteiger partial charge >= 0.3 is 0 Å². The number of rotatable bonds is 10. The molecule has 194 valence electrons. The molecule has 2 amide bonds. The lowest BCUT2D eigenvalue weighted by Gasteiger charge is -2.33. The van der Waals surface area contributed by atoms with E-state index in [-0.39, 0.29) is 24.3 Å². The second-order valence-corrected chi connectivity index (χ2v) is 10.1. The number of carbonyl (C=O) groups excluding carboxylic acids is 2. The maximum Gasteiger partial charge on any atom is 0.243 e. The van der Waals surface area contributed by atoms with Gasteiger partial charge in [-0.25, -0.2) is 0 Å². The van der Waals surface area contributed by atoms with Gasteiger partial charge in [-0.1, -0.05) is 91.6 Å². The molecular formula is C32H38N2O3. The van der Waals surface area contributed by atoms with Gasteiger partial charge < -0.3 is 15.0 Å². The van der Waals surface area contributed by atoms with E-state index in [2.05, 4.69) is 17.4 Å². The monoisotopic (exact) mass is 498 g/mol. The van der Waals surface area contributed by atoms with Crippen LogP contribution < -0.4 is 10.1 Å². The predicted molar refractivity (Wildman–Crippen MR) is 147 cm³/mol. The third kappa shape index (κ3) is 7.69. The van der Waals surface area contributed by atoms with Crippen LogP contribution in [0.4, 0.5) is 0 Å². The van der Waals surface area contributed by atoms with Gasteiger partial charge in [0.2, 0.25) is 11.8 Å². The molecule has 3 aromatic rings. The maximum atomic E-state index is 13.9. The van der Waals surface area contributed by atoms with E-state index in [0.717, 1.165) is 53.7 Å². The molecule has 0 aliphatic heterocycles. The molecule has 5 nitrogen and oxygen atoms in total. The number of hydrogen-bond acceptors (Lipinski definition) is 3. The molecule has 1 aliphatic carbocycles. The highest BCUT2D eigenvalue weighted by Gasteiger charge is 2.32. The van der Waals surface area contributed by atoms with Gasteiger partial charge in [-0.2, -0.15) is 0 Å². The summed E-state index contributed by atoms with van der Waals surface area (Å²) < 4.78 is 5.27. The summed E-state index contributed by atoms with van der Waals surface area (Å²) in [6.45, 7) is 2.43. The van der Waals surface area contributed by atoms with E-state index in [9.17, 15) is 9.59 Å². The SMILES string of the molecule is COc1ccc(CC(=O)N(Cc2ccc(C)cc2)[C@H](Cc2ccccc2)C(=O)NC2CCCCC2)cc1. The van der Waals surface area contributed by atoms with Gasteiger partial charge in [-0.15, -0.1) is 0 Å². The zero-order valence-electron chi connectivity index (χ0n) is 22.0. The number of aryl methyl sites for hydroxylation is 1. The minimum atomic E-state index is -0.601. The lowest BCUT2D eigenvalue weighted by molar-refractivity contribution is -0.141. The number of nitrogens with zero attached hydrogens (tertiary/aromatic N) is 1. The molecule has 1 N–H and O–H groups in total. The van der Waals surface area contributed by atoms with Crippen molar-refractivity contribution in [2.24, 2.45) is 0 Å². The molecule has 0 saturated heterocycles. The molecule has 0 heterocycles. The highest BCUT2D eigenvalue weighted by atomic mass is 16.5. The van der Waals surface area contributed by atoms with E-state index in [1.807, 2.05) is 73.7 Å². The van der Waals surface area contributed by atoms with Crippen molar-refractivity contribution in [1.82, 2.24) is 10.2 Å². The summed E-state index contributed by atoms with van der Waals surface area (Å²) in [5.74, 6) is 0.623. The second-order valence-electron chi connectivity index (χ2n) is 10.1. The average molecular weight is 499 g/mol. The Morgan fingerprint density at radius 2 is 1.51 bits per heavy atom. The number of carbonyl (C=O) groups is 2. The van der Waals surface area contributed by atoms with E-state index in [1.54, 1.807) is 12.0 Å². The first-order valence-electron chi connectivity index (χ1n) is 13.3. The third-order valence-electron chi connectivity index (χ3n) is 7.21. The van der Waals surface area contributed by atoms with Crippen LogP contribution in [-0.4, -0.2) is 35.9 Å². The van der Waals surface area contributed by atoms with Crippen molar-refractivity contribution < 1.29 is 14.3 Å². The number of methoxy groups -OCH3 is 1. The van der Waals surface area contributed by atoms with Crippen LogP contribution >= 0.6 is 0 Å². The van der Waals surface area contributed by atoms with Gasteiger partial charge in [-0.05, 0) is 48.6 Å². The molecule has 1 atom stereocenters. The van der Waals surface area contributed by atoms with Crippen LogP contribution in [0.1, 0.15) is 54.4 Å². The summed E-state index contributed by atoms with van der Waals surface area (Å²) in [4.78, 5) is 29.5. The molecule has 1 saturated carbocycles. The normalized spacial score (nSPS) is 14.5. The van der Waals surface area contributed by atoms with Crippen molar-refractivity contribution in [3.8, 4) is 5.75 Å².